The van der Waals surface area contributed by atoms with Gasteiger partial charge < -0.3 is 9.64 Å². The molecular weight excluding hydrogens is 304 g/mol. The maximum absolute atomic E-state index is 13.7. The second kappa shape index (κ2) is 4.75. The molecule has 1 aliphatic carbocycles. The number of alkyl halides is 2. The van der Waals surface area contributed by atoms with Crippen molar-refractivity contribution < 1.29 is 18.3 Å². The normalized spacial score (nSPS) is 31.0. The standard InChI is InChI=1S/C16H21F2N3O2/c1-9-7-11-12(10(2)23-9)19-20-13(11)14(22)21-6-5-16(17,18)8-15(21)3-4-15/h9-10H,3-8H2,1-2H3,(H,19,20)/t9-,10+/m1/s1. The van der Waals surface area contributed by atoms with Gasteiger partial charge in [0.25, 0.3) is 11.8 Å². The van der Waals surface area contributed by atoms with Crippen molar-refractivity contribution in [2.24, 2.45) is 0 Å². The number of aromatic amines is 1. The average molecular weight is 325 g/mol. The van der Waals surface area contributed by atoms with Crippen LogP contribution in [-0.4, -0.2) is 45.1 Å². The Kier molecular flexibility index (Phi) is 3.11. The van der Waals surface area contributed by atoms with Crippen molar-refractivity contribution in [3.8, 4) is 0 Å². The Hall–Kier alpha value is -1.50. The fraction of sp³-hybridized carbons (Fsp3) is 0.750. The van der Waals surface area contributed by atoms with Crippen molar-refractivity contribution in [3.63, 3.8) is 0 Å². The van der Waals surface area contributed by atoms with Gasteiger partial charge in [0, 0.05) is 36.9 Å². The Morgan fingerprint density at radius 1 is 1.35 bits per heavy atom. The summed E-state index contributed by atoms with van der Waals surface area (Å²) < 4.78 is 33.2. The number of nitrogens with one attached hydrogen (secondary N) is 1. The number of nitrogens with zero attached hydrogens (tertiary/aromatic N) is 2. The molecule has 23 heavy (non-hydrogen) atoms. The molecule has 1 spiro atoms. The number of halogens is 2. The summed E-state index contributed by atoms with van der Waals surface area (Å²) in [5.41, 5.74) is 1.46. The molecule has 2 atom stereocenters. The molecule has 2 aliphatic heterocycles. The fourth-order valence-corrected chi connectivity index (χ4v) is 4.06. The van der Waals surface area contributed by atoms with Gasteiger partial charge in [0.2, 0.25) is 0 Å². The second-order valence-electron chi connectivity index (χ2n) is 7.22. The second-order valence-corrected chi connectivity index (χ2v) is 7.22. The number of fused-ring (bicyclic) bond motifs is 1. The number of H-pyrrole nitrogens is 1. The highest BCUT2D eigenvalue weighted by molar-refractivity contribution is 5.95. The lowest BCUT2D eigenvalue weighted by molar-refractivity contribution is -0.0764. The number of carbonyl (C=O) groups is 1. The smallest absolute Gasteiger partial charge is 0.275 e. The summed E-state index contributed by atoms with van der Waals surface area (Å²) in [6, 6.07) is 0. The third-order valence-electron chi connectivity index (χ3n) is 5.37. The summed E-state index contributed by atoms with van der Waals surface area (Å²) in [7, 11) is 0. The van der Waals surface area contributed by atoms with E-state index in [1.807, 2.05) is 13.8 Å². The first-order chi connectivity index (χ1) is 10.8. The van der Waals surface area contributed by atoms with Gasteiger partial charge in [0.1, 0.15) is 0 Å². The van der Waals surface area contributed by atoms with E-state index >= 15 is 0 Å². The predicted molar refractivity (Wildman–Crippen MR) is 78.4 cm³/mol. The Morgan fingerprint density at radius 3 is 2.78 bits per heavy atom. The molecule has 0 radical (unpaired) electrons. The molecule has 3 aliphatic rings. The number of aromatic nitrogens is 2. The Bertz CT molecular complexity index is 654. The molecule has 0 aromatic carbocycles. The van der Waals surface area contributed by atoms with Gasteiger partial charge in [0.05, 0.1) is 17.9 Å². The minimum Gasteiger partial charge on any atom is -0.369 e. The van der Waals surface area contributed by atoms with Crippen LogP contribution in [0.2, 0.25) is 0 Å². The van der Waals surface area contributed by atoms with Crippen LogP contribution in [0.3, 0.4) is 0 Å². The lowest BCUT2D eigenvalue weighted by Gasteiger charge is -2.40. The highest BCUT2D eigenvalue weighted by Gasteiger charge is 2.59. The van der Waals surface area contributed by atoms with Gasteiger partial charge in [-0.05, 0) is 26.7 Å². The summed E-state index contributed by atoms with van der Waals surface area (Å²) >= 11 is 0. The van der Waals surface area contributed by atoms with Crippen LogP contribution >= 0.6 is 0 Å². The molecule has 0 unspecified atom stereocenters. The molecular formula is C16H21F2N3O2. The lowest BCUT2D eigenvalue weighted by atomic mass is 9.94. The average Bonchev–Trinajstić information content (AvgIpc) is 3.06. The van der Waals surface area contributed by atoms with Crippen LogP contribution in [0.4, 0.5) is 8.78 Å². The lowest BCUT2D eigenvalue weighted by Crippen LogP contribution is -2.51. The monoisotopic (exact) mass is 325 g/mol. The SMILES string of the molecule is C[C@@H]1Cc2c(C(=O)N3CCC(F)(F)CC34CC4)n[nH]c2[C@H](C)O1. The van der Waals surface area contributed by atoms with Crippen molar-refractivity contribution in [2.45, 2.75) is 69.6 Å². The van der Waals surface area contributed by atoms with Crippen LogP contribution in [0.5, 0.6) is 0 Å². The zero-order valence-electron chi connectivity index (χ0n) is 13.4. The quantitative estimate of drug-likeness (QED) is 0.864. The van der Waals surface area contributed by atoms with Crippen molar-refractivity contribution in [3.05, 3.63) is 17.0 Å². The summed E-state index contributed by atoms with van der Waals surface area (Å²) in [6.07, 6.45) is 1.35. The van der Waals surface area contributed by atoms with Crippen molar-refractivity contribution in [1.29, 1.82) is 0 Å². The molecule has 3 heterocycles. The van der Waals surface area contributed by atoms with E-state index in [9.17, 15) is 13.6 Å². The minimum absolute atomic E-state index is 0.0159. The van der Waals surface area contributed by atoms with Crippen LogP contribution in [-0.2, 0) is 11.2 Å². The Morgan fingerprint density at radius 2 is 2.09 bits per heavy atom. The molecule has 1 aromatic heterocycles. The van der Waals surface area contributed by atoms with Crippen molar-refractivity contribution in [2.75, 3.05) is 6.54 Å². The van der Waals surface area contributed by atoms with Gasteiger partial charge in [-0.25, -0.2) is 8.78 Å². The van der Waals surface area contributed by atoms with Gasteiger partial charge in [-0.1, -0.05) is 0 Å². The summed E-state index contributed by atoms with van der Waals surface area (Å²) in [6.45, 7) is 3.99. The molecule has 2 fully saturated rings. The Labute approximate surface area is 133 Å². The van der Waals surface area contributed by atoms with E-state index in [4.69, 9.17) is 4.74 Å². The summed E-state index contributed by atoms with van der Waals surface area (Å²) in [4.78, 5) is 14.6. The van der Waals surface area contributed by atoms with Crippen molar-refractivity contribution in [1.82, 2.24) is 15.1 Å². The molecule has 7 heteroatoms. The highest BCUT2D eigenvalue weighted by atomic mass is 19.3. The molecule has 0 bridgehead atoms. The minimum atomic E-state index is -2.66. The molecule has 1 amide bonds. The zero-order chi connectivity index (χ0) is 16.4. The van der Waals surface area contributed by atoms with E-state index < -0.39 is 11.5 Å². The van der Waals surface area contributed by atoms with Gasteiger partial charge in [-0.3, -0.25) is 9.89 Å². The van der Waals surface area contributed by atoms with Crippen LogP contribution in [0.15, 0.2) is 0 Å². The fourth-order valence-electron chi connectivity index (χ4n) is 4.06. The van der Waals surface area contributed by atoms with E-state index in [1.54, 1.807) is 4.90 Å². The molecule has 4 rings (SSSR count). The summed E-state index contributed by atoms with van der Waals surface area (Å²) in [5, 5.41) is 7.11. The molecule has 1 saturated heterocycles. The number of hydrogen-bond donors (Lipinski definition) is 1. The van der Waals surface area contributed by atoms with E-state index in [1.165, 1.54) is 0 Å². The van der Waals surface area contributed by atoms with Gasteiger partial charge in [-0.2, -0.15) is 5.10 Å². The maximum Gasteiger partial charge on any atom is 0.275 e. The van der Waals surface area contributed by atoms with E-state index in [2.05, 4.69) is 10.2 Å². The predicted octanol–water partition coefficient (Wildman–Crippen LogP) is 2.84. The van der Waals surface area contributed by atoms with Crippen LogP contribution in [0.25, 0.3) is 0 Å². The van der Waals surface area contributed by atoms with Crippen molar-refractivity contribution >= 4 is 5.91 Å². The first kappa shape index (κ1) is 15.1. The highest BCUT2D eigenvalue weighted by Crippen LogP contribution is 2.53. The number of piperidine rings is 1. The van der Waals surface area contributed by atoms with Gasteiger partial charge in [0.15, 0.2) is 5.69 Å². The molecule has 1 N–H and O–H groups in total. The Balaban J connectivity index is 1.64. The van der Waals surface area contributed by atoms with Crippen LogP contribution in [0.1, 0.15) is 67.4 Å². The third kappa shape index (κ3) is 2.36. The van der Waals surface area contributed by atoms with E-state index in [0.717, 1.165) is 11.3 Å². The van der Waals surface area contributed by atoms with Crippen LogP contribution < -0.4 is 0 Å². The first-order valence-electron chi connectivity index (χ1n) is 8.24. The third-order valence-corrected chi connectivity index (χ3v) is 5.37. The van der Waals surface area contributed by atoms with Gasteiger partial charge >= 0.3 is 0 Å². The number of likely N-dealkylation sites (tertiary alicyclic amines) is 1. The number of hydrogen-bond acceptors (Lipinski definition) is 3. The van der Waals surface area contributed by atoms with Crippen LogP contribution in [0, 0.1) is 0 Å². The zero-order valence-corrected chi connectivity index (χ0v) is 13.4. The van der Waals surface area contributed by atoms with Gasteiger partial charge in [-0.15, -0.1) is 0 Å². The molecule has 1 saturated carbocycles. The number of rotatable bonds is 1. The molecule has 126 valence electrons. The largest absolute Gasteiger partial charge is 0.369 e. The number of carbonyl (C=O) groups excluding carboxylic acids is 1. The van der Waals surface area contributed by atoms with E-state index in [-0.39, 0.29) is 37.5 Å². The molecule has 1 aromatic rings. The molecule has 5 nitrogen and oxygen atoms in total. The first-order valence-corrected chi connectivity index (χ1v) is 8.24. The maximum atomic E-state index is 13.7. The number of ether oxygens (including phenoxy) is 1. The number of amides is 1. The summed E-state index contributed by atoms with van der Waals surface area (Å²) in [5.74, 6) is -2.87. The van der Waals surface area contributed by atoms with E-state index in [0.29, 0.717) is 25.0 Å². The topological polar surface area (TPSA) is 58.2 Å².